The summed E-state index contributed by atoms with van der Waals surface area (Å²) >= 11 is 0. The summed E-state index contributed by atoms with van der Waals surface area (Å²) < 4.78 is 15.7. The molecule has 0 unspecified atom stereocenters. The Morgan fingerprint density at radius 2 is 1.96 bits per heavy atom. The van der Waals surface area contributed by atoms with E-state index in [9.17, 15) is 9.18 Å². The third kappa shape index (κ3) is 4.22. The van der Waals surface area contributed by atoms with Crippen molar-refractivity contribution in [2.75, 3.05) is 7.05 Å². The average molecular weight is 331 g/mol. The maximum Gasteiger partial charge on any atom is 0.227 e. The van der Waals surface area contributed by atoms with Crippen molar-refractivity contribution in [2.24, 2.45) is 5.92 Å². The number of likely N-dealkylation sites (N-methyl/N-ethyl adjacent to an activating group) is 1. The van der Waals surface area contributed by atoms with E-state index in [0.717, 1.165) is 23.5 Å². The predicted octanol–water partition coefficient (Wildman–Crippen LogP) is 3.50. The normalized spacial score (nSPS) is 11.1. The largest absolute Gasteiger partial charge is 0.341 e. The predicted molar refractivity (Wildman–Crippen MR) is 93.1 cm³/mol. The lowest BCUT2D eigenvalue weighted by Crippen LogP contribution is -2.28. The number of carbonyl (C=O) groups is 1. The number of amides is 1. The van der Waals surface area contributed by atoms with Crippen molar-refractivity contribution in [3.05, 3.63) is 52.6 Å². The fourth-order valence-corrected chi connectivity index (χ4v) is 2.77. The van der Waals surface area contributed by atoms with E-state index in [4.69, 9.17) is 0 Å². The molecular formula is C19H26FN3O. The molecule has 0 saturated heterocycles. The van der Waals surface area contributed by atoms with Crippen molar-refractivity contribution in [3.63, 3.8) is 0 Å². The number of nitrogens with zero attached hydrogens (tertiary/aromatic N) is 3. The number of aromatic nitrogens is 2. The van der Waals surface area contributed by atoms with E-state index >= 15 is 0 Å². The van der Waals surface area contributed by atoms with Crippen LogP contribution in [0.2, 0.25) is 0 Å². The molecule has 1 aromatic carbocycles. The fourth-order valence-electron chi connectivity index (χ4n) is 2.77. The Morgan fingerprint density at radius 3 is 2.58 bits per heavy atom. The minimum Gasteiger partial charge on any atom is -0.341 e. The minimum atomic E-state index is -0.283. The number of rotatable bonds is 6. The van der Waals surface area contributed by atoms with Gasteiger partial charge < -0.3 is 4.90 Å². The third-order valence-corrected chi connectivity index (χ3v) is 4.19. The van der Waals surface area contributed by atoms with E-state index in [2.05, 4.69) is 18.9 Å². The molecule has 0 aliphatic carbocycles. The van der Waals surface area contributed by atoms with Crippen molar-refractivity contribution in [1.82, 2.24) is 14.7 Å². The van der Waals surface area contributed by atoms with Crippen LogP contribution in [-0.4, -0.2) is 27.6 Å². The van der Waals surface area contributed by atoms with E-state index in [1.165, 1.54) is 6.07 Å². The summed E-state index contributed by atoms with van der Waals surface area (Å²) in [5, 5.41) is 4.55. The second kappa shape index (κ2) is 7.60. The van der Waals surface area contributed by atoms with Crippen LogP contribution in [-0.2, 0) is 24.3 Å². The molecule has 4 nitrogen and oxygen atoms in total. The van der Waals surface area contributed by atoms with Gasteiger partial charge in [0.15, 0.2) is 0 Å². The first-order valence-electron chi connectivity index (χ1n) is 8.29. The molecule has 1 aromatic heterocycles. The summed E-state index contributed by atoms with van der Waals surface area (Å²) in [5.74, 6) is 0.179. The van der Waals surface area contributed by atoms with Gasteiger partial charge in [-0.15, -0.1) is 0 Å². The highest BCUT2D eigenvalue weighted by atomic mass is 19.1. The SMILES string of the molecule is Cc1nn(CC(C)C)c(C)c1CC(=O)N(C)Cc1ccccc1F. The molecule has 2 aromatic rings. The third-order valence-electron chi connectivity index (χ3n) is 4.19. The number of hydrogen-bond acceptors (Lipinski definition) is 2. The number of carbonyl (C=O) groups excluding carboxylic acids is 1. The zero-order chi connectivity index (χ0) is 17.9. The van der Waals surface area contributed by atoms with E-state index < -0.39 is 0 Å². The number of halogens is 1. The molecule has 1 heterocycles. The Labute approximate surface area is 143 Å². The van der Waals surface area contributed by atoms with Crippen molar-refractivity contribution in [1.29, 1.82) is 0 Å². The van der Waals surface area contributed by atoms with Crippen LogP contribution < -0.4 is 0 Å². The monoisotopic (exact) mass is 331 g/mol. The van der Waals surface area contributed by atoms with Gasteiger partial charge >= 0.3 is 0 Å². The van der Waals surface area contributed by atoms with E-state index in [1.807, 2.05) is 18.5 Å². The van der Waals surface area contributed by atoms with Gasteiger partial charge in [-0.1, -0.05) is 32.0 Å². The highest BCUT2D eigenvalue weighted by molar-refractivity contribution is 5.79. The molecule has 5 heteroatoms. The highest BCUT2D eigenvalue weighted by Crippen LogP contribution is 2.17. The molecule has 0 saturated carbocycles. The molecule has 1 amide bonds. The van der Waals surface area contributed by atoms with E-state index in [-0.39, 0.29) is 18.3 Å². The van der Waals surface area contributed by atoms with Gasteiger partial charge in [-0.2, -0.15) is 5.10 Å². The Hall–Kier alpha value is -2.17. The zero-order valence-electron chi connectivity index (χ0n) is 15.1. The van der Waals surface area contributed by atoms with E-state index in [1.54, 1.807) is 30.1 Å². The first kappa shape index (κ1) is 18.2. The zero-order valence-corrected chi connectivity index (χ0v) is 15.1. The number of benzene rings is 1. The maximum absolute atomic E-state index is 13.7. The Morgan fingerprint density at radius 1 is 1.29 bits per heavy atom. The molecule has 0 spiro atoms. The lowest BCUT2D eigenvalue weighted by atomic mass is 10.1. The van der Waals surface area contributed by atoms with Gasteiger partial charge in [-0.3, -0.25) is 9.48 Å². The van der Waals surface area contributed by atoms with Crippen molar-refractivity contribution in [3.8, 4) is 0 Å². The highest BCUT2D eigenvalue weighted by Gasteiger charge is 2.18. The molecule has 0 fully saturated rings. The standard InChI is InChI=1S/C19H26FN3O/c1-13(2)11-23-15(4)17(14(3)21-23)10-19(24)22(5)12-16-8-6-7-9-18(16)20/h6-9,13H,10-12H2,1-5H3. The first-order chi connectivity index (χ1) is 11.3. The molecular weight excluding hydrogens is 305 g/mol. The van der Waals surface area contributed by atoms with Gasteiger partial charge in [0.05, 0.1) is 12.1 Å². The molecule has 0 aliphatic rings. The summed E-state index contributed by atoms with van der Waals surface area (Å²) in [6.07, 6.45) is 0.292. The van der Waals surface area contributed by atoms with E-state index in [0.29, 0.717) is 17.9 Å². The Bertz CT molecular complexity index is 721. The van der Waals surface area contributed by atoms with Crippen LogP contribution in [0.3, 0.4) is 0 Å². The fraction of sp³-hybridized carbons (Fsp3) is 0.474. The van der Waals surface area contributed by atoms with Gasteiger partial charge in [0, 0.05) is 37.0 Å². The second-order valence-electron chi connectivity index (χ2n) is 6.74. The number of aryl methyl sites for hydroxylation is 1. The molecule has 130 valence electrons. The molecule has 0 aliphatic heterocycles. The minimum absolute atomic E-state index is 0.0337. The summed E-state index contributed by atoms with van der Waals surface area (Å²) in [7, 11) is 1.71. The van der Waals surface area contributed by atoms with Gasteiger partial charge in [0.1, 0.15) is 5.82 Å². The van der Waals surface area contributed by atoms with Crippen molar-refractivity contribution in [2.45, 2.75) is 47.2 Å². The lowest BCUT2D eigenvalue weighted by Gasteiger charge is -2.18. The van der Waals surface area contributed by atoms with Crippen LogP contribution >= 0.6 is 0 Å². The van der Waals surface area contributed by atoms with Crippen LogP contribution in [0.15, 0.2) is 24.3 Å². The topological polar surface area (TPSA) is 38.1 Å². The van der Waals surface area contributed by atoms with Gasteiger partial charge in [-0.05, 0) is 25.8 Å². The first-order valence-corrected chi connectivity index (χ1v) is 8.29. The van der Waals surface area contributed by atoms with Gasteiger partial charge in [0.25, 0.3) is 0 Å². The van der Waals surface area contributed by atoms with Crippen molar-refractivity contribution < 1.29 is 9.18 Å². The van der Waals surface area contributed by atoms with Crippen LogP contribution in [0.25, 0.3) is 0 Å². The quantitative estimate of drug-likeness (QED) is 0.812. The Balaban J connectivity index is 2.09. The summed E-state index contributed by atoms with van der Waals surface area (Å²) in [6.45, 7) is 9.33. The summed E-state index contributed by atoms with van der Waals surface area (Å²) in [5.41, 5.74) is 3.42. The molecule has 0 radical (unpaired) electrons. The average Bonchev–Trinajstić information content (AvgIpc) is 2.76. The Kier molecular flexibility index (Phi) is 5.75. The van der Waals surface area contributed by atoms with Crippen molar-refractivity contribution >= 4 is 5.91 Å². The molecule has 24 heavy (non-hydrogen) atoms. The molecule has 0 bridgehead atoms. The van der Waals surface area contributed by atoms with Gasteiger partial charge in [-0.25, -0.2) is 4.39 Å². The second-order valence-corrected chi connectivity index (χ2v) is 6.74. The number of hydrogen-bond donors (Lipinski definition) is 0. The summed E-state index contributed by atoms with van der Waals surface area (Å²) in [4.78, 5) is 14.1. The van der Waals surface area contributed by atoms with Gasteiger partial charge in [0.2, 0.25) is 5.91 Å². The van der Waals surface area contributed by atoms with Crippen LogP contribution in [0, 0.1) is 25.6 Å². The van der Waals surface area contributed by atoms with Crippen LogP contribution in [0.4, 0.5) is 4.39 Å². The summed E-state index contributed by atoms with van der Waals surface area (Å²) in [6, 6.07) is 6.55. The lowest BCUT2D eigenvalue weighted by molar-refractivity contribution is -0.129. The molecule has 0 atom stereocenters. The molecule has 0 N–H and O–H groups in total. The maximum atomic E-state index is 13.7. The van der Waals surface area contributed by atoms with Crippen LogP contribution in [0.5, 0.6) is 0 Å². The smallest absolute Gasteiger partial charge is 0.227 e. The van der Waals surface area contributed by atoms with Crippen LogP contribution in [0.1, 0.15) is 36.4 Å². The molecule has 2 rings (SSSR count).